The molecule has 20 heavy (non-hydrogen) atoms. The van der Waals surface area contributed by atoms with Gasteiger partial charge in [0.25, 0.3) is 5.91 Å². The highest BCUT2D eigenvalue weighted by molar-refractivity contribution is 9.10. The molecule has 112 valence electrons. The van der Waals surface area contributed by atoms with Gasteiger partial charge in [0, 0.05) is 24.7 Å². The van der Waals surface area contributed by atoms with Crippen LogP contribution in [-0.2, 0) is 14.8 Å². The minimum atomic E-state index is -3.65. The van der Waals surface area contributed by atoms with Crippen LogP contribution in [0, 0.1) is 0 Å². The topological polar surface area (TPSA) is 84.5 Å². The first-order valence-corrected chi connectivity index (χ1v) is 8.26. The molecule has 8 heteroatoms. The van der Waals surface area contributed by atoms with Crippen molar-refractivity contribution in [3.8, 4) is 0 Å². The second-order valence-electron chi connectivity index (χ2n) is 3.89. The van der Waals surface area contributed by atoms with Crippen molar-refractivity contribution >= 4 is 31.9 Å². The Labute approximate surface area is 127 Å². The maximum atomic E-state index is 12.0. The molecule has 0 unspecified atom stereocenters. The van der Waals surface area contributed by atoms with Crippen molar-refractivity contribution in [3.05, 3.63) is 28.2 Å². The molecule has 0 fully saturated rings. The van der Waals surface area contributed by atoms with Gasteiger partial charge < -0.3 is 10.1 Å². The quantitative estimate of drug-likeness (QED) is 0.710. The molecule has 0 spiro atoms. The van der Waals surface area contributed by atoms with Crippen LogP contribution in [0.2, 0.25) is 0 Å². The van der Waals surface area contributed by atoms with Gasteiger partial charge in [0.2, 0.25) is 10.0 Å². The predicted octanol–water partition coefficient (Wildman–Crippen LogP) is 1.12. The van der Waals surface area contributed by atoms with Gasteiger partial charge in [-0.2, -0.15) is 0 Å². The number of carbonyl (C=O) groups is 1. The Kier molecular flexibility index (Phi) is 6.60. The van der Waals surface area contributed by atoms with Crippen molar-refractivity contribution in [2.75, 3.05) is 26.8 Å². The Balaban J connectivity index is 3.02. The summed E-state index contributed by atoms with van der Waals surface area (Å²) in [7, 11) is -2.16. The zero-order valence-corrected chi connectivity index (χ0v) is 13.7. The van der Waals surface area contributed by atoms with Gasteiger partial charge in [-0.15, -0.1) is 0 Å². The summed E-state index contributed by atoms with van der Waals surface area (Å²) in [5.74, 6) is -0.326. The average molecular weight is 365 g/mol. The van der Waals surface area contributed by atoms with Crippen molar-refractivity contribution in [1.82, 2.24) is 10.0 Å². The first-order valence-electron chi connectivity index (χ1n) is 5.98. The number of sulfonamides is 1. The Hall–Kier alpha value is -0.960. The fourth-order valence-corrected chi connectivity index (χ4v) is 2.93. The molecule has 6 nitrogen and oxygen atoms in total. The lowest BCUT2D eigenvalue weighted by Crippen LogP contribution is -2.28. The summed E-state index contributed by atoms with van der Waals surface area (Å²) < 4.78 is 31.8. The van der Waals surface area contributed by atoms with Crippen LogP contribution in [0.3, 0.4) is 0 Å². The summed E-state index contributed by atoms with van der Waals surface area (Å²) in [4.78, 5) is 11.9. The van der Waals surface area contributed by atoms with Gasteiger partial charge in [-0.3, -0.25) is 4.79 Å². The van der Waals surface area contributed by atoms with E-state index in [1.165, 1.54) is 25.3 Å². The zero-order chi connectivity index (χ0) is 15.2. The smallest absolute Gasteiger partial charge is 0.252 e. The number of rotatable bonds is 7. The SMILES string of the molecule is CCNC(=O)c1cc(S(=O)(=O)NCCOC)ccc1Br. The van der Waals surface area contributed by atoms with Crippen LogP contribution >= 0.6 is 15.9 Å². The maximum Gasteiger partial charge on any atom is 0.252 e. The van der Waals surface area contributed by atoms with E-state index < -0.39 is 10.0 Å². The van der Waals surface area contributed by atoms with Crippen LogP contribution in [-0.4, -0.2) is 41.1 Å². The molecule has 0 saturated heterocycles. The van der Waals surface area contributed by atoms with E-state index in [2.05, 4.69) is 26.0 Å². The number of amides is 1. The summed E-state index contributed by atoms with van der Waals surface area (Å²) in [6, 6.07) is 4.31. The van der Waals surface area contributed by atoms with Crippen LogP contribution in [0.15, 0.2) is 27.6 Å². The van der Waals surface area contributed by atoms with E-state index >= 15 is 0 Å². The van der Waals surface area contributed by atoms with Crippen molar-refractivity contribution < 1.29 is 17.9 Å². The van der Waals surface area contributed by atoms with Crippen LogP contribution in [0.4, 0.5) is 0 Å². The van der Waals surface area contributed by atoms with E-state index in [1.807, 2.05) is 0 Å². The van der Waals surface area contributed by atoms with E-state index in [0.29, 0.717) is 11.0 Å². The third kappa shape index (κ3) is 4.55. The molecule has 0 saturated carbocycles. The van der Waals surface area contributed by atoms with E-state index in [4.69, 9.17) is 4.74 Å². The normalized spacial score (nSPS) is 11.3. The molecule has 1 aromatic rings. The van der Waals surface area contributed by atoms with Gasteiger partial charge in [0.15, 0.2) is 0 Å². The van der Waals surface area contributed by atoms with Gasteiger partial charge >= 0.3 is 0 Å². The third-order valence-corrected chi connectivity index (χ3v) is 4.58. The minimum absolute atomic E-state index is 0.0399. The Bertz CT molecular complexity index is 575. The number of nitrogens with one attached hydrogen (secondary N) is 2. The zero-order valence-electron chi connectivity index (χ0n) is 11.3. The summed E-state index contributed by atoms with van der Waals surface area (Å²) in [5, 5.41) is 2.63. The van der Waals surface area contributed by atoms with Crippen molar-refractivity contribution in [1.29, 1.82) is 0 Å². The van der Waals surface area contributed by atoms with Gasteiger partial charge in [0.1, 0.15) is 0 Å². The molecule has 0 aliphatic heterocycles. The number of carbonyl (C=O) groups excluding carboxylic acids is 1. The van der Waals surface area contributed by atoms with E-state index in [1.54, 1.807) is 6.92 Å². The molecule has 2 N–H and O–H groups in total. The highest BCUT2D eigenvalue weighted by atomic mass is 79.9. The Morgan fingerprint density at radius 3 is 2.70 bits per heavy atom. The summed E-state index contributed by atoms with van der Waals surface area (Å²) in [6.45, 7) is 2.71. The van der Waals surface area contributed by atoms with Crippen LogP contribution in [0.5, 0.6) is 0 Å². The molecule has 0 aliphatic rings. The summed E-state index contributed by atoms with van der Waals surface area (Å²) >= 11 is 3.24. The predicted molar refractivity (Wildman–Crippen MR) is 79.2 cm³/mol. The molecule has 1 amide bonds. The van der Waals surface area contributed by atoms with Gasteiger partial charge in [0.05, 0.1) is 17.1 Å². The fourth-order valence-electron chi connectivity index (χ4n) is 1.46. The largest absolute Gasteiger partial charge is 0.383 e. The van der Waals surface area contributed by atoms with E-state index in [9.17, 15) is 13.2 Å². The second-order valence-corrected chi connectivity index (χ2v) is 6.51. The molecule has 1 rings (SSSR count). The highest BCUT2D eigenvalue weighted by Crippen LogP contribution is 2.21. The molecular weight excluding hydrogens is 348 g/mol. The lowest BCUT2D eigenvalue weighted by Gasteiger charge is -2.09. The van der Waals surface area contributed by atoms with Crippen LogP contribution in [0.25, 0.3) is 0 Å². The van der Waals surface area contributed by atoms with Crippen LogP contribution in [0.1, 0.15) is 17.3 Å². The molecular formula is C12H17BrN2O4S. The third-order valence-electron chi connectivity index (χ3n) is 2.43. The number of methoxy groups -OCH3 is 1. The second kappa shape index (κ2) is 7.72. The van der Waals surface area contributed by atoms with Crippen molar-refractivity contribution in [2.45, 2.75) is 11.8 Å². The first kappa shape index (κ1) is 17.1. The number of hydrogen-bond donors (Lipinski definition) is 2. The lowest BCUT2D eigenvalue weighted by molar-refractivity contribution is 0.0955. The highest BCUT2D eigenvalue weighted by Gasteiger charge is 2.17. The van der Waals surface area contributed by atoms with E-state index in [0.717, 1.165) is 0 Å². The standard InChI is InChI=1S/C12H17BrN2O4S/c1-3-14-12(16)10-8-9(4-5-11(10)13)20(17,18)15-6-7-19-2/h4-5,8,15H,3,6-7H2,1-2H3,(H,14,16). The molecule has 0 radical (unpaired) electrons. The maximum absolute atomic E-state index is 12.0. The minimum Gasteiger partial charge on any atom is -0.383 e. The van der Waals surface area contributed by atoms with Gasteiger partial charge in [-0.05, 0) is 41.1 Å². The molecule has 0 aliphatic carbocycles. The molecule has 0 atom stereocenters. The van der Waals surface area contributed by atoms with E-state index in [-0.39, 0.29) is 29.5 Å². The lowest BCUT2D eigenvalue weighted by atomic mass is 10.2. The Morgan fingerprint density at radius 1 is 1.40 bits per heavy atom. The molecule has 0 aromatic heterocycles. The first-order chi connectivity index (χ1) is 9.42. The number of hydrogen-bond acceptors (Lipinski definition) is 4. The summed E-state index contributed by atoms with van der Waals surface area (Å²) in [5.41, 5.74) is 0.279. The average Bonchev–Trinajstić information content (AvgIpc) is 2.39. The number of ether oxygens (including phenoxy) is 1. The molecule has 0 bridgehead atoms. The van der Waals surface area contributed by atoms with Crippen molar-refractivity contribution in [2.24, 2.45) is 0 Å². The summed E-state index contributed by atoms with van der Waals surface area (Å²) in [6.07, 6.45) is 0. The van der Waals surface area contributed by atoms with Crippen LogP contribution < -0.4 is 10.0 Å². The van der Waals surface area contributed by atoms with Crippen molar-refractivity contribution in [3.63, 3.8) is 0 Å². The number of benzene rings is 1. The fraction of sp³-hybridized carbons (Fsp3) is 0.417. The molecule has 0 heterocycles. The monoisotopic (exact) mass is 364 g/mol. The van der Waals surface area contributed by atoms with Gasteiger partial charge in [-0.25, -0.2) is 13.1 Å². The number of halogens is 1. The molecule has 1 aromatic carbocycles. The van der Waals surface area contributed by atoms with Gasteiger partial charge in [-0.1, -0.05) is 0 Å². The Morgan fingerprint density at radius 2 is 2.10 bits per heavy atom.